The molecule has 168 valence electrons. The van der Waals surface area contributed by atoms with Crippen molar-refractivity contribution in [1.29, 1.82) is 0 Å². The highest BCUT2D eigenvalue weighted by atomic mass is 32.2. The monoisotopic (exact) mass is 446 g/mol. The number of ether oxygens (including phenoxy) is 1. The molecule has 2 nitrogen and oxygen atoms in total. The second-order valence-corrected chi connectivity index (χ2v) is 12.0. The van der Waals surface area contributed by atoms with Crippen LogP contribution in [0.1, 0.15) is 70.3 Å². The van der Waals surface area contributed by atoms with E-state index in [0.717, 1.165) is 38.0 Å². The van der Waals surface area contributed by atoms with Crippen LogP contribution in [0.5, 0.6) is 0 Å². The first-order chi connectivity index (χ1) is 15.5. The van der Waals surface area contributed by atoms with Crippen molar-refractivity contribution >= 4 is 17.5 Å². The minimum atomic E-state index is -0.0806. The molecule has 2 fully saturated rings. The molecule has 5 aliphatic rings. The topological polar surface area (TPSA) is 26.3 Å². The maximum absolute atomic E-state index is 12.2. The van der Waals surface area contributed by atoms with Crippen LogP contribution in [0.25, 0.3) is 0 Å². The minimum Gasteiger partial charge on any atom is -0.366 e. The summed E-state index contributed by atoms with van der Waals surface area (Å²) in [5.41, 5.74) is 6.13. The summed E-state index contributed by atoms with van der Waals surface area (Å²) in [6, 6.07) is 9.41. The van der Waals surface area contributed by atoms with Gasteiger partial charge in [0.2, 0.25) is 0 Å². The molecule has 6 rings (SSSR count). The molecule has 1 spiro atoms. The predicted molar refractivity (Wildman–Crippen MR) is 131 cm³/mol. The van der Waals surface area contributed by atoms with Gasteiger partial charge in [-0.1, -0.05) is 43.7 Å². The number of hydrogen-bond acceptors (Lipinski definition) is 3. The van der Waals surface area contributed by atoms with Crippen molar-refractivity contribution in [2.75, 3.05) is 12.4 Å². The Morgan fingerprint density at radius 3 is 2.72 bits per heavy atom. The first-order valence-electron chi connectivity index (χ1n) is 12.6. The van der Waals surface area contributed by atoms with Crippen molar-refractivity contribution in [3.05, 3.63) is 64.8 Å². The molecule has 0 bridgehead atoms. The van der Waals surface area contributed by atoms with Crippen LogP contribution in [0.2, 0.25) is 0 Å². The van der Waals surface area contributed by atoms with E-state index in [-0.39, 0.29) is 11.0 Å². The summed E-state index contributed by atoms with van der Waals surface area (Å²) < 4.78 is 6.52. The fraction of sp³-hybridized carbons (Fsp3) is 0.552. The average molecular weight is 447 g/mol. The zero-order valence-electron chi connectivity index (χ0n) is 19.4. The summed E-state index contributed by atoms with van der Waals surface area (Å²) >= 11 is 1.91. The molecule has 2 saturated carbocycles. The normalized spacial score (nSPS) is 38.0. The molecular formula is C29H34O2S. The Kier molecular flexibility index (Phi) is 5.07. The van der Waals surface area contributed by atoms with E-state index in [1.54, 1.807) is 11.1 Å². The molecule has 0 amide bonds. The number of hydrogen-bond donors (Lipinski definition) is 0. The van der Waals surface area contributed by atoms with Crippen LogP contribution in [0.3, 0.4) is 0 Å². The van der Waals surface area contributed by atoms with Gasteiger partial charge < -0.3 is 4.74 Å². The molecule has 0 saturated heterocycles. The van der Waals surface area contributed by atoms with Crippen molar-refractivity contribution in [2.45, 2.75) is 75.2 Å². The standard InChI is InChI=1S/C29H34O2S/c1-3-32-22-9-5-19(6-10-22)25-18-28(2)26(13-15-29(28)14-4-16-31-29)24-11-7-20-17-21(30)8-12-23(20)27(24)25/h4-6,9-10,14,17,24-26H,3,7-8,11-13,15-16,18H2,1-2H3/t24-,25+,26-,28-,29?/m0/s1. The van der Waals surface area contributed by atoms with Gasteiger partial charge in [-0.3, -0.25) is 4.79 Å². The number of ketones is 1. The third-order valence-corrected chi connectivity index (χ3v) is 10.2. The van der Waals surface area contributed by atoms with E-state index >= 15 is 0 Å². The zero-order valence-corrected chi connectivity index (χ0v) is 20.2. The van der Waals surface area contributed by atoms with Gasteiger partial charge in [0, 0.05) is 22.6 Å². The van der Waals surface area contributed by atoms with Crippen LogP contribution in [0.4, 0.5) is 0 Å². The zero-order chi connectivity index (χ0) is 21.9. The molecule has 1 heterocycles. The maximum atomic E-state index is 12.2. The van der Waals surface area contributed by atoms with Crippen molar-refractivity contribution in [1.82, 2.24) is 0 Å². The lowest BCUT2D eigenvalue weighted by molar-refractivity contribution is -0.114. The Hall–Kier alpha value is -1.58. The molecule has 1 aromatic carbocycles. The van der Waals surface area contributed by atoms with Crippen LogP contribution >= 0.6 is 11.8 Å². The summed E-state index contributed by atoms with van der Waals surface area (Å²) in [4.78, 5) is 13.6. The van der Waals surface area contributed by atoms with E-state index in [2.05, 4.69) is 50.3 Å². The first-order valence-corrected chi connectivity index (χ1v) is 13.5. The van der Waals surface area contributed by atoms with Gasteiger partial charge >= 0.3 is 0 Å². The largest absolute Gasteiger partial charge is 0.366 e. The average Bonchev–Trinajstić information content (AvgIpc) is 3.39. The van der Waals surface area contributed by atoms with Crippen molar-refractivity contribution in [3.63, 3.8) is 0 Å². The number of allylic oxidation sites excluding steroid dienone is 4. The van der Waals surface area contributed by atoms with E-state index in [4.69, 9.17) is 4.74 Å². The lowest BCUT2D eigenvalue weighted by Crippen LogP contribution is -2.51. The quantitative estimate of drug-likeness (QED) is 0.368. The predicted octanol–water partition coefficient (Wildman–Crippen LogP) is 7.02. The van der Waals surface area contributed by atoms with E-state index in [1.165, 1.54) is 28.9 Å². The minimum absolute atomic E-state index is 0.0806. The molecule has 0 aromatic heterocycles. The summed E-state index contributed by atoms with van der Waals surface area (Å²) in [7, 11) is 0. The van der Waals surface area contributed by atoms with Crippen molar-refractivity contribution in [2.24, 2.45) is 17.3 Å². The molecule has 1 aromatic rings. The number of fused-ring (bicyclic) bond motifs is 5. The molecule has 32 heavy (non-hydrogen) atoms. The Morgan fingerprint density at radius 1 is 1.12 bits per heavy atom. The highest BCUT2D eigenvalue weighted by Crippen LogP contribution is 2.68. The molecule has 4 aliphatic carbocycles. The van der Waals surface area contributed by atoms with Gasteiger partial charge in [0.25, 0.3) is 0 Å². The van der Waals surface area contributed by atoms with Crippen molar-refractivity contribution in [3.8, 4) is 0 Å². The van der Waals surface area contributed by atoms with Gasteiger partial charge in [0.05, 0.1) is 12.2 Å². The molecular weight excluding hydrogens is 412 g/mol. The number of thioether (sulfide) groups is 1. The van der Waals surface area contributed by atoms with Crippen LogP contribution in [-0.4, -0.2) is 23.7 Å². The fourth-order valence-corrected chi connectivity index (χ4v) is 8.60. The van der Waals surface area contributed by atoms with Crippen LogP contribution in [0, 0.1) is 17.3 Å². The fourth-order valence-electron chi connectivity index (χ4n) is 7.94. The Labute approximate surface area is 196 Å². The highest BCUT2D eigenvalue weighted by molar-refractivity contribution is 7.99. The number of rotatable bonds is 3. The Bertz CT molecular complexity index is 1030. The highest BCUT2D eigenvalue weighted by Gasteiger charge is 2.63. The summed E-state index contributed by atoms with van der Waals surface area (Å²) in [5, 5.41) is 0. The van der Waals surface area contributed by atoms with Crippen LogP contribution < -0.4 is 0 Å². The van der Waals surface area contributed by atoms with E-state index in [1.807, 2.05) is 17.8 Å². The molecule has 0 N–H and O–H groups in total. The summed E-state index contributed by atoms with van der Waals surface area (Å²) in [6.45, 7) is 5.52. The number of carbonyl (C=O) groups is 1. The van der Waals surface area contributed by atoms with Crippen LogP contribution in [0.15, 0.2) is 64.1 Å². The second-order valence-electron chi connectivity index (χ2n) is 10.6. The van der Waals surface area contributed by atoms with E-state index in [9.17, 15) is 4.79 Å². The molecule has 5 atom stereocenters. The lowest BCUT2D eigenvalue weighted by atomic mass is 9.51. The molecule has 1 aliphatic heterocycles. The van der Waals surface area contributed by atoms with Gasteiger partial charge in [-0.25, -0.2) is 0 Å². The van der Waals surface area contributed by atoms with E-state index in [0.29, 0.717) is 30.0 Å². The third-order valence-electron chi connectivity index (χ3n) is 9.34. The molecule has 0 radical (unpaired) electrons. The lowest BCUT2D eigenvalue weighted by Gasteiger charge is -2.54. The second kappa shape index (κ2) is 7.74. The molecule has 1 unspecified atom stereocenters. The Balaban J connectivity index is 1.49. The smallest absolute Gasteiger partial charge is 0.156 e. The van der Waals surface area contributed by atoms with Gasteiger partial charge in [-0.15, -0.1) is 11.8 Å². The van der Waals surface area contributed by atoms with Gasteiger partial charge in [0.1, 0.15) is 0 Å². The first kappa shape index (κ1) is 21.0. The number of benzene rings is 1. The summed E-state index contributed by atoms with van der Waals surface area (Å²) in [5.74, 6) is 3.17. The number of carbonyl (C=O) groups excluding carboxylic acids is 1. The van der Waals surface area contributed by atoms with Crippen molar-refractivity contribution < 1.29 is 9.53 Å². The maximum Gasteiger partial charge on any atom is 0.156 e. The van der Waals surface area contributed by atoms with Gasteiger partial charge in [-0.05, 0) is 91.0 Å². The van der Waals surface area contributed by atoms with E-state index < -0.39 is 0 Å². The molecule has 3 heteroatoms. The SMILES string of the molecule is CCSc1ccc([C@H]2C[C@@]3(C)[C@@H](CCC34C=CCO4)[C@@H]3CCC4=CC(=O)CCC4=C32)cc1. The summed E-state index contributed by atoms with van der Waals surface area (Å²) in [6.07, 6.45) is 14.1. The van der Waals surface area contributed by atoms with Gasteiger partial charge in [0.15, 0.2) is 5.78 Å². The third kappa shape index (κ3) is 3.00. The Morgan fingerprint density at radius 2 is 1.97 bits per heavy atom. The van der Waals surface area contributed by atoms with Gasteiger partial charge in [-0.2, -0.15) is 0 Å². The van der Waals surface area contributed by atoms with Crippen LogP contribution in [-0.2, 0) is 9.53 Å².